The van der Waals surface area contributed by atoms with E-state index >= 15 is 0 Å². The van der Waals surface area contributed by atoms with Crippen LogP contribution in [0.2, 0.25) is 5.02 Å². The summed E-state index contributed by atoms with van der Waals surface area (Å²) < 4.78 is 0. The summed E-state index contributed by atoms with van der Waals surface area (Å²) in [6.45, 7) is 5.75. The average molecular weight is 375 g/mol. The van der Waals surface area contributed by atoms with Gasteiger partial charge in [-0.15, -0.1) is 0 Å². The molecular weight excluding hydrogens is 359 g/mol. The summed E-state index contributed by atoms with van der Waals surface area (Å²) in [5.41, 5.74) is 4.10. The lowest BCUT2D eigenvalue weighted by Crippen LogP contribution is -2.32. The van der Waals surface area contributed by atoms with E-state index in [1.807, 2.05) is 39.0 Å². The van der Waals surface area contributed by atoms with E-state index in [9.17, 15) is 9.59 Å². The first kappa shape index (κ1) is 17.5. The number of anilines is 2. The lowest BCUT2D eigenvalue weighted by atomic mass is 10.1. The topological polar surface area (TPSA) is 49.4 Å². The molecule has 0 radical (unpaired) electrons. The van der Waals surface area contributed by atoms with Crippen LogP contribution in [-0.4, -0.2) is 11.8 Å². The molecule has 128 valence electrons. The van der Waals surface area contributed by atoms with Crippen LogP contribution in [0.3, 0.4) is 0 Å². The monoisotopic (exact) mass is 374 g/mol. The molecule has 0 aromatic heterocycles. The molecule has 0 saturated carbocycles. The van der Waals surface area contributed by atoms with Crippen molar-refractivity contribution in [3.63, 3.8) is 0 Å². The van der Waals surface area contributed by atoms with Crippen molar-refractivity contribution >= 4 is 46.4 Å². The molecule has 25 heavy (non-hydrogen) atoms. The smallest absolute Gasteiger partial charge is 0.283 e. The van der Waals surface area contributed by atoms with E-state index < -0.39 is 11.8 Å². The Hall–Kier alpha value is -2.30. The Morgan fingerprint density at radius 2 is 1.52 bits per heavy atom. The average Bonchev–Trinajstić information content (AvgIpc) is 2.73. The van der Waals surface area contributed by atoms with Crippen molar-refractivity contribution in [2.24, 2.45) is 0 Å². The van der Waals surface area contributed by atoms with Crippen molar-refractivity contribution in [2.45, 2.75) is 20.8 Å². The highest BCUT2D eigenvalue weighted by atomic mass is 35.5. The first-order chi connectivity index (χ1) is 11.8. The summed E-state index contributed by atoms with van der Waals surface area (Å²) in [7, 11) is 0. The number of carbonyl (C=O) groups excluding carboxylic acids is 2. The Labute approximate surface area is 156 Å². The molecule has 3 rings (SSSR count). The maximum atomic E-state index is 12.8. The molecule has 1 N–H and O–H groups in total. The van der Waals surface area contributed by atoms with Crippen LogP contribution in [0, 0.1) is 20.8 Å². The highest BCUT2D eigenvalue weighted by molar-refractivity contribution is 6.53. The van der Waals surface area contributed by atoms with Crippen LogP contribution >= 0.6 is 23.2 Å². The number of nitrogens with one attached hydrogen (secondary N) is 1. The minimum absolute atomic E-state index is 0.0633. The van der Waals surface area contributed by atoms with Crippen LogP contribution in [0.25, 0.3) is 0 Å². The van der Waals surface area contributed by atoms with E-state index in [-0.39, 0.29) is 10.7 Å². The molecule has 0 fully saturated rings. The highest BCUT2D eigenvalue weighted by Gasteiger charge is 2.39. The van der Waals surface area contributed by atoms with Crippen molar-refractivity contribution in [3.8, 4) is 0 Å². The van der Waals surface area contributed by atoms with E-state index in [1.54, 1.807) is 18.2 Å². The Morgan fingerprint density at radius 3 is 2.12 bits per heavy atom. The van der Waals surface area contributed by atoms with Gasteiger partial charge in [-0.1, -0.05) is 35.3 Å². The molecule has 0 bridgehead atoms. The van der Waals surface area contributed by atoms with E-state index in [0.717, 1.165) is 21.6 Å². The molecule has 1 aliphatic heterocycles. The molecule has 0 aliphatic carbocycles. The zero-order valence-electron chi connectivity index (χ0n) is 14.0. The summed E-state index contributed by atoms with van der Waals surface area (Å²) in [5.74, 6) is -1.08. The van der Waals surface area contributed by atoms with Gasteiger partial charge in [-0.25, -0.2) is 4.90 Å². The predicted octanol–water partition coefficient (Wildman–Crippen LogP) is 4.70. The zero-order valence-corrected chi connectivity index (χ0v) is 15.5. The minimum Gasteiger partial charge on any atom is -0.350 e. The molecule has 6 heteroatoms. The first-order valence-electron chi connectivity index (χ1n) is 7.68. The molecule has 2 aromatic rings. The highest BCUT2D eigenvalue weighted by Crippen LogP contribution is 2.32. The molecule has 2 amide bonds. The standard InChI is InChI=1S/C19H16Cl2N2O2/c1-10-6-11(2)8-13(7-10)22-17-16(21)18(24)23(19(17)25)14-5-4-12(3)15(20)9-14/h4-9,22H,1-3H3. The number of halogens is 2. The number of aryl methyl sites for hydroxylation is 3. The van der Waals surface area contributed by atoms with Crippen LogP contribution in [0.5, 0.6) is 0 Å². The SMILES string of the molecule is Cc1cc(C)cc(NC2=C(Cl)C(=O)N(c3ccc(C)c(Cl)c3)C2=O)c1. The predicted molar refractivity (Wildman–Crippen MR) is 101 cm³/mol. The van der Waals surface area contributed by atoms with Gasteiger partial charge in [0.15, 0.2) is 0 Å². The Morgan fingerprint density at radius 1 is 0.880 bits per heavy atom. The largest absolute Gasteiger partial charge is 0.350 e. The molecule has 4 nitrogen and oxygen atoms in total. The minimum atomic E-state index is -0.571. The number of imide groups is 1. The van der Waals surface area contributed by atoms with E-state index in [1.165, 1.54) is 0 Å². The van der Waals surface area contributed by atoms with Gasteiger partial charge < -0.3 is 5.32 Å². The fourth-order valence-electron chi connectivity index (χ4n) is 2.76. The Kier molecular flexibility index (Phi) is 4.58. The van der Waals surface area contributed by atoms with Crippen LogP contribution in [0.15, 0.2) is 47.1 Å². The lowest BCUT2D eigenvalue weighted by Gasteiger charge is -2.16. The third kappa shape index (κ3) is 3.28. The van der Waals surface area contributed by atoms with Gasteiger partial charge in [-0.2, -0.15) is 0 Å². The fraction of sp³-hybridized carbons (Fsp3) is 0.158. The van der Waals surface area contributed by atoms with Crippen LogP contribution in [-0.2, 0) is 9.59 Å². The third-order valence-electron chi connectivity index (χ3n) is 3.93. The van der Waals surface area contributed by atoms with E-state index in [4.69, 9.17) is 23.2 Å². The van der Waals surface area contributed by atoms with Gasteiger partial charge in [0.1, 0.15) is 10.7 Å². The zero-order chi connectivity index (χ0) is 18.3. The molecule has 0 spiro atoms. The summed E-state index contributed by atoms with van der Waals surface area (Å²) in [4.78, 5) is 26.3. The molecule has 0 unspecified atom stereocenters. The Bertz CT molecular complexity index is 915. The van der Waals surface area contributed by atoms with E-state index in [2.05, 4.69) is 5.32 Å². The third-order valence-corrected chi connectivity index (χ3v) is 4.69. The summed E-state index contributed by atoms with van der Waals surface area (Å²) in [5, 5.41) is 3.32. The van der Waals surface area contributed by atoms with Crippen LogP contribution in [0.4, 0.5) is 11.4 Å². The fourth-order valence-corrected chi connectivity index (χ4v) is 3.15. The molecule has 2 aromatic carbocycles. The summed E-state index contributed by atoms with van der Waals surface area (Å²) >= 11 is 12.3. The van der Waals surface area contributed by atoms with Gasteiger partial charge in [-0.3, -0.25) is 9.59 Å². The van der Waals surface area contributed by atoms with Gasteiger partial charge in [0, 0.05) is 10.7 Å². The van der Waals surface area contributed by atoms with Crippen molar-refractivity contribution < 1.29 is 9.59 Å². The molecular formula is C19H16Cl2N2O2. The second-order valence-electron chi connectivity index (χ2n) is 6.07. The summed E-state index contributed by atoms with van der Waals surface area (Å²) in [6, 6.07) is 10.8. The number of hydrogen-bond donors (Lipinski definition) is 1. The maximum absolute atomic E-state index is 12.8. The van der Waals surface area contributed by atoms with Crippen LogP contribution < -0.4 is 10.2 Å². The van der Waals surface area contributed by atoms with Crippen LogP contribution in [0.1, 0.15) is 16.7 Å². The van der Waals surface area contributed by atoms with Crippen molar-refractivity contribution in [1.29, 1.82) is 0 Å². The van der Waals surface area contributed by atoms with Crippen molar-refractivity contribution in [3.05, 3.63) is 68.8 Å². The molecule has 0 saturated heterocycles. The van der Waals surface area contributed by atoms with Gasteiger partial charge in [0.05, 0.1) is 5.69 Å². The second kappa shape index (κ2) is 6.54. The van der Waals surface area contributed by atoms with Crippen molar-refractivity contribution in [2.75, 3.05) is 10.2 Å². The van der Waals surface area contributed by atoms with Gasteiger partial charge >= 0.3 is 0 Å². The molecule has 1 heterocycles. The maximum Gasteiger partial charge on any atom is 0.283 e. The number of nitrogens with zero attached hydrogens (tertiary/aromatic N) is 1. The number of amides is 2. The molecule has 1 aliphatic rings. The van der Waals surface area contributed by atoms with Crippen molar-refractivity contribution in [1.82, 2.24) is 0 Å². The first-order valence-corrected chi connectivity index (χ1v) is 8.43. The van der Waals surface area contributed by atoms with Gasteiger partial charge in [0.2, 0.25) is 0 Å². The second-order valence-corrected chi connectivity index (χ2v) is 6.85. The Balaban J connectivity index is 1.95. The summed E-state index contributed by atoms with van der Waals surface area (Å²) in [6.07, 6.45) is 0. The van der Waals surface area contributed by atoms with Gasteiger partial charge in [-0.05, 0) is 61.7 Å². The number of rotatable bonds is 3. The normalized spacial score (nSPS) is 14.5. The number of carbonyl (C=O) groups is 2. The van der Waals surface area contributed by atoms with Gasteiger partial charge in [0.25, 0.3) is 11.8 Å². The molecule has 0 atom stereocenters. The number of hydrogen-bond acceptors (Lipinski definition) is 3. The quantitative estimate of drug-likeness (QED) is 0.791. The lowest BCUT2D eigenvalue weighted by molar-refractivity contribution is -0.120. The number of benzene rings is 2. The van der Waals surface area contributed by atoms with E-state index in [0.29, 0.717) is 16.4 Å².